The van der Waals surface area contributed by atoms with Gasteiger partial charge in [0.1, 0.15) is 10.3 Å². The lowest BCUT2D eigenvalue weighted by molar-refractivity contribution is 0.762. The summed E-state index contributed by atoms with van der Waals surface area (Å²) in [6.07, 6.45) is 1.56. The second-order valence-corrected chi connectivity index (χ2v) is 3.49. The van der Waals surface area contributed by atoms with Gasteiger partial charge in [0.2, 0.25) is 5.95 Å². The van der Waals surface area contributed by atoms with Crippen LogP contribution >= 0.6 is 15.9 Å². The molecule has 0 atom stereocenters. The van der Waals surface area contributed by atoms with Gasteiger partial charge in [-0.15, -0.1) is 10.2 Å². The summed E-state index contributed by atoms with van der Waals surface area (Å²) in [6, 6.07) is 1.84. The first kappa shape index (κ1) is 9.07. The molecule has 72 valence electrons. The molecular weight excluding hydrogens is 248 g/mol. The van der Waals surface area contributed by atoms with Crippen LogP contribution < -0.4 is 5.73 Å². The normalized spacial score (nSPS) is 10.4. The molecule has 0 amide bonds. The van der Waals surface area contributed by atoms with Gasteiger partial charge in [-0.1, -0.05) is 0 Å². The molecule has 0 unspecified atom stereocenters. The molecule has 0 aliphatic heterocycles. The lowest BCUT2D eigenvalue weighted by atomic mass is 10.3. The number of nitrogens with two attached hydrogens (primary N) is 1. The van der Waals surface area contributed by atoms with Crippen LogP contribution in [0.5, 0.6) is 0 Å². The maximum absolute atomic E-state index is 5.33. The average Bonchev–Trinajstić information content (AvgIpc) is 2.47. The smallest absolute Gasteiger partial charge is 0.240 e. The van der Waals surface area contributed by atoms with Crippen molar-refractivity contribution in [1.29, 1.82) is 0 Å². The molecule has 0 fully saturated rings. The van der Waals surface area contributed by atoms with Gasteiger partial charge >= 0.3 is 0 Å². The lowest BCUT2D eigenvalue weighted by Crippen LogP contribution is -2.00. The predicted octanol–water partition coefficient (Wildman–Crippen LogP) is 0.617. The van der Waals surface area contributed by atoms with Gasteiger partial charge < -0.3 is 5.73 Å². The number of rotatable bonds is 1. The molecule has 2 aromatic heterocycles. The second kappa shape index (κ2) is 3.33. The van der Waals surface area contributed by atoms with E-state index in [1.807, 2.05) is 13.1 Å². The van der Waals surface area contributed by atoms with Gasteiger partial charge in [0.15, 0.2) is 0 Å². The van der Waals surface area contributed by atoms with E-state index in [4.69, 9.17) is 5.73 Å². The van der Waals surface area contributed by atoms with E-state index in [0.717, 1.165) is 10.3 Å². The average molecular weight is 255 g/mol. The zero-order valence-electron chi connectivity index (χ0n) is 7.35. The fourth-order valence-electron chi connectivity index (χ4n) is 1.07. The molecule has 0 saturated carbocycles. The highest BCUT2D eigenvalue weighted by atomic mass is 79.9. The van der Waals surface area contributed by atoms with Crippen LogP contribution in [-0.2, 0) is 7.05 Å². The molecule has 2 aromatic rings. The third kappa shape index (κ3) is 1.58. The highest BCUT2D eigenvalue weighted by Crippen LogP contribution is 2.18. The monoisotopic (exact) mass is 254 g/mol. The molecule has 6 nitrogen and oxygen atoms in total. The topological polar surface area (TPSA) is 82.5 Å². The van der Waals surface area contributed by atoms with E-state index in [1.54, 1.807) is 10.9 Å². The van der Waals surface area contributed by atoms with Crippen molar-refractivity contribution in [1.82, 2.24) is 25.0 Å². The summed E-state index contributed by atoms with van der Waals surface area (Å²) in [5.41, 5.74) is 6.80. The number of nitrogens with zero attached hydrogens (tertiary/aromatic N) is 5. The maximum atomic E-state index is 5.33. The summed E-state index contributed by atoms with van der Waals surface area (Å²) in [5.74, 6) is 0.162. The van der Waals surface area contributed by atoms with Crippen LogP contribution in [0.15, 0.2) is 16.9 Å². The minimum atomic E-state index is 0.162. The van der Waals surface area contributed by atoms with E-state index >= 15 is 0 Å². The van der Waals surface area contributed by atoms with E-state index in [9.17, 15) is 0 Å². The number of anilines is 1. The Hall–Kier alpha value is -1.50. The minimum Gasteiger partial charge on any atom is -0.366 e. The van der Waals surface area contributed by atoms with Crippen molar-refractivity contribution in [2.45, 2.75) is 0 Å². The van der Waals surface area contributed by atoms with Crippen LogP contribution in [0.4, 0.5) is 5.95 Å². The zero-order chi connectivity index (χ0) is 10.1. The Bertz CT molecular complexity index is 448. The van der Waals surface area contributed by atoms with Crippen LogP contribution in [0, 0.1) is 0 Å². The van der Waals surface area contributed by atoms with Gasteiger partial charge in [-0.25, -0.2) is 4.98 Å². The van der Waals surface area contributed by atoms with E-state index in [2.05, 4.69) is 36.2 Å². The van der Waals surface area contributed by atoms with Gasteiger partial charge in [-0.2, -0.15) is 5.10 Å². The van der Waals surface area contributed by atoms with Crippen molar-refractivity contribution in [2.24, 2.45) is 7.05 Å². The van der Waals surface area contributed by atoms with E-state index < -0.39 is 0 Å². The molecule has 0 saturated heterocycles. The van der Waals surface area contributed by atoms with Crippen molar-refractivity contribution in [2.75, 3.05) is 5.73 Å². The molecule has 0 aliphatic rings. The Morgan fingerprint density at radius 2 is 2.21 bits per heavy atom. The molecular formula is C7H7BrN6. The first-order valence-electron chi connectivity index (χ1n) is 3.82. The van der Waals surface area contributed by atoms with Crippen LogP contribution in [0.25, 0.3) is 11.4 Å². The number of halogens is 1. The third-order valence-electron chi connectivity index (χ3n) is 1.69. The lowest BCUT2D eigenvalue weighted by Gasteiger charge is -1.98. The second-order valence-electron chi connectivity index (χ2n) is 2.68. The van der Waals surface area contributed by atoms with Gasteiger partial charge in [0, 0.05) is 13.1 Å². The zero-order valence-corrected chi connectivity index (χ0v) is 8.93. The van der Waals surface area contributed by atoms with Gasteiger partial charge in [-0.3, -0.25) is 4.68 Å². The van der Waals surface area contributed by atoms with Crippen LogP contribution in [-0.4, -0.2) is 25.0 Å². The largest absolute Gasteiger partial charge is 0.366 e. The molecule has 2 heterocycles. The van der Waals surface area contributed by atoms with Crippen LogP contribution in [0.2, 0.25) is 0 Å². The highest BCUT2D eigenvalue weighted by molar-refractivity contribution is 9.10. The Morgan fingerprint density at radius 3 is 2.71 bits per heavy atom. The molecule has 0 radical (unpaired) electrons. The third-order valence-corrected chi connectivity index (χ3v) is 2.08. The highest BCUT2D eigenvalue weighted by Gasteiger charge is 2.07. The maximum Gasteiger partial charge on any atom is 0.240 e. The number of hydrogen-bond donors (Lipinski definition) is 1. The summed E-state index contributed by atoms with van der Waals surface area (Å²) < 4.78 is 2.43. The Labute approximate surface area is 88.3 Å². The number of hydrogen-bond acceptors (Lipinski definition) is 5. The first-order chi connectivity index (χ1) is 6.66. The van der Waals surface area contributed by atoms with Crippen molar-refractivity contribution < 1.29 is 0 Å². The molecule has 14 heavy (non-hydrogen) atoms. The molecule has 2 rings (SSSR count). The molecule has 0 aromatic carbocycles. The summed E-state index contributed by atoms with van der Waals surface area (Å²) in [4.78, 5) is 3.85. The first-order valence-corrected chi connectivity index (χ1v) is 4.61. The number of aryl methyl sites for hydroxylation is 1. The summed E-state index contributed by atoms with van der Waals surface area (Å²) in [5, 5.41) is 11.7. The molecule has 2 N–H and O–H groups in total. The van der Waals surface area contributed by atoms with Crippen molar-refractivity contribution in [3.63, 3.8) is 0 Å². The quantitative estimate of drug-likeness (QED) is 0.807. The van der Waals surface area contributed by atoms with E-state index in [0.29, 0.717) is 5.69 Å². The van der Waals surface area contributed by atoms with Crippen LogP contribution in [0.3, 0.4) is 0 Å². The fourth-order valence-corrected chi connectivity index (χ4v) is 1.53. The van der Waals surface area contributed by atoms with Gasteiger partial charge in [-0.05, 0) is 15.9 Å². The molecule has 0 spiro atoms. The Kier molecular flexibility index (Phi) is 2.16. The molecule has 7 heteroatoms. The van der Waals surface area contributed by atoms with Crippen molar-refractivity contribution in [3.8, 4) is 11.4 Å². The Morgan fingerprint density at radius 1 is 1.43 bits per heavy atom. The molecule has 0 bridgehead atoms. The standard InChI is InChI=1S/C7H7BrN6/c1-14-5(2-6(8)13-14)4-3-10-7(9)12-11-4/h2-3H,1H3,(H2,9,10,12). The number of nitrogen functional groups attached to an aromatic ring is 1. The summed E-state index contributed by atoms with van der Waals surface area (Å²) in [6.45, 7) is 0. The van der Waals surface area contributed by atoms with E-state index in [-0.39, 0.29) is 5.95 Å². The fraction of sp³-hybridized carbons (Fsp3) is 0.143. The van der Waals surface area contributed by atoms with Gasteiger partial charge in [0.25, 0.3) is 0 Å². The Balaban J connectivity index is 2.49. The minimum absolute atomic E-state index is 0.162. The van der Waals surface area contributed by atoms with Crippen molar-refractivity contribution in [3.05, 3.63) is 16.9 Å². The summed E-state index contributed by atoms with van der Waals surface area (Å²) in [7, 11) is 1.82. The van der Waals surface area contributed by atoms with Gasteiger partial charge in [0.05, 0.1) is 11.9 Å². The molecule has 0 aliphatic carbocycles. The predicted molar refractivity (Wildman–Crippen MR) is 54.1 cm³/mol. The van der Waals surface area contributed by atoms with E-state index in [1.165, 1.54) is 0 Å². The van der Waals surface area contributed by atoms with Crippen LogP contribution in [0.1, 0.15) is 0 Å². The summed E-state index contributed by atoms with van der Waals surface area (Å²) >= 11 is 3.27. The van der Waals surface area contributed by atoms with Crippen molar-refractivity contribution >= 4 is 21.9 Å². The number of aromatic nitrogens is 5. The SMILES string of the molecule is Cn1nc(Br)cc1-c1cnc(N)nn1.